The van der Waals surface area contributed by atoms with Crippen LogP contribution in [0.1, 0.15) is 38.5 Å². The van der Waals surface area contributed by atoms with E-state index in [2.05, 4.69) is 23.4 Å². The monoisotopic (exact) mass is 325 g/mol. The Morgan fingerprint density at radius 3 is 2.78 bits per heavy atom. The largest absolute Gasteiger partial charge is 0.339 e. The minimum atomic E-state index is -0.200. The third-order valence-electron chi connectivity index (χ3n) is 5.54. The summed E-state index contributed by atoms with van der Waals surface area (Å²) in [5.41, 5.74) is 0.115. The van der Waals surface area contributed by atoms with Crippen molar-refractivity contribution in [2.75, 3.05) is 53.0 Å². The zero-order valence-corrected chi connectivity index (χ0v) is 14.6. The lowest BCUT2D eigenvalue weighted by Crippen LogP contribution is -2.61. The van der Waals surface area contributed by atoms with Crippen LogP contribution in [0.2, 0.25) is 0 Å². The maximum Gasteiger partial charge on any atom is 0.222 e. The van der Waals surface area contributed by atoms with Crippen molar-refractivity contribution in [3.05, 3.63) is 12.7 Å². The van der Waals surface area contributed by atoms with E-state index in [0.29, 0.717) is 19.4 Å². The van der Waals surface area contributed by atoms with Gasteiger partial charge in [-0.05, 0) is 45.7 Å². The van der Waals surface area contributed by atoms with Crippen LogP contribution >= 0.6 is 0 Å². The normalized spacial score (nSPS) is 27.4. The second kappa shape index (κ2) is 8.78. The Morgan fingerprint density at radius 1 is 1.22 bits per heavy atom. The molecule has 0 aromatic carbocycles. The molecule has 0 aliphatic carbocycles. The lowest BCUT2D eigenvalue weighted by atomic mass is 9.86. The molecule has 0 aromatic heterocycles. The van der Waals surface area contributed by atoms with Crippen molar-refractivity contribution in [3.63, 3.8) is 0 Å². The molecular weight excluding hydrogens is 293 g/mol. The van der Waals surface area contributed by atoms with E-state index >= 15 is 0 Å². The van der Waals surface area contributed by atoms with E-state index in [0.717, 1.165) is 58.4 Å². The average Bonchev–Trinajstić information content (AvgIpc) is 2.70. The van der Waals surface area contributed by atoms with Crippen LogP contribution in [0, 0.1) is 0 Å². The number of rotatable bonds is 7. The van der Waals surface area contributed by atoms with Gasteiger partial charge in [0.25, 0.3) is 0 Å². The van der Waals surface area contributed by atoms with Crippen LogP contribution in [0.5, 0.6) is 0 Å². The summed E-state index contributed by atoms with van der Waals surface area (Å²) in [6.07, 6.45) is 7.16. The lowest BCUT2D eigenvalue weighted by Gasteiger charge is -2.49. The minimum Gasteiger partial charge on any atom is -0.339 e. The smallest absolute Gasteiger partial charge is 0.222 e. The summed E-state index contributed by atoms with van der Waals surface area (Å²) in [6.45, 7) is 9.27. The van der Waals surface area contributed by atoms with Crippen LogP contribution in [0.25, 0.3) is 0 Å². The predicted molar refractivity (Wildman–Crippen MR) is 92.3 cm³/mol. The number of hydrogen-bond acceptors (Lipinski definition) is 3. The van der Waals surface area contributed by atoms with Crippen molar-refractivity contribution in [3.8, 4) is 0 Å². The number of hydrogen-bond donors (Lipinski definition) is 0. The molecule has 1 spiro atoms. The third-order valence-corrected chi connectivity index (χ3v) is 5.54. The summed E-state index contributed by atoms with van der Waals surface area (Å²) >= 11 is 0. The van der Waals surface area contributed by atoms with Gasteiger partial charge < -0.3 is 9.80 Å². The fraction of sp³-hybridized carbons (Fsp3) is 0.833. The zero-order chi connectivity index (χ0) is 16.7. The average molecular weight is 325 g/mol. The molecule has 2 saturated heterocycles. The highest BCUT2D eigenvalue weighted by molar-refractivity contribution is 5.76. The van der Waals surface area contributed by atoms with Crippen molar-refractivity contribution in [1.29, 1.82) is 0 Å². The van der Waals surface area contributed by atoms with Gasteiger partial charge in [-0.25, -0.2) is 0 Å². The van der Waals surface area contributed by atoms with Crippen LogP contribution < -0.4 is 0 Å². The first-order valence-corrected chi connectivity index (χ1v) is 8.99. The molecule has 2 aliphatic rings. The van der Waals surface area contributed by atoms with Crippen LogP contribution in [0.3, 0.4) is 0 Å². The molecule has 2 fully saturated rings. The van der Waals surface area contributed by atoms with Gasteiger partial charge in [-0.2, -0.15) is 0 Å². The predicted octanol–water partition coefficient (Wildman–Crippen LogP) is 2.31. The van der Waals surface area contributed by atoms with E-state index in [1.54, 1.807) is 0 Å². The minimum absolute atomic E-state index is 0.115. The SMILES string of the molecule is C=CCN1CCC2(CCC1=O)CN(CCCCCF)CCN2C. The molecule has 132 valence electrons. The molecule has 2 heterocycles. The number of carbonyl (C=O) groups is 1. The van der Waals surface area contributed by atoms with Gasteiger partial charge in [0.1, 0.15) is 0 Å². The number of unbranched alkanes of at least 4 members (excludes halogenated alkanes) is 2. The first kappa shape index (κ1) is 18.4. The van der Waals surface area contributed by atoms with Gasteiger partial charge >= 0.3 is 0 Å². The Kier molecular flexibility index (Phi) is 7.03. The molecule has 1 atom stereocenters. The number of halogens is 1. The van der Waals surface area contributed by atoms with Gasteiger partial charge in [-0.1, -0.05) is 6.08 Å². The van der Waals surface area contributed by atoms with Crippen LogP contribution in [-0.2, 0) is 4.79 Å². The quantitative estimate of drug-likeness (QED) is 0.531. The van der Waals surface area contributed by atoms with Crippen molar-refractivity contribution < 1.29 is 9.18 Å². The number of carbonyl (C=O) groups excluding carboxylic acids is 1. The van der Waals surface area contributed by atoms with E-state index < -0.39 is 0 Å². The maximum absolute atomic E-state index is 12.3. The summed E-state index contributed by atoms with van der Waals surface area (Å²) in [5, 5.41) is 0. The lowest BCUT2D eigenvalue weighted by molar-refractivity contribution is -0.130. The van der Waals surface area contributed by atoms with Crippen molar-refractivity contribution in [1.82, 2.24) is 14.7 Å². The fourth-order valence-electron chi connectivity index (χ4n) is 3.92. The van der Waals surface area contributed by atoms with Gasteiger partial charge in [0.05, 0.1) is 6.67 Å². The number of amides is 1. The molecule has 1 amide bonds. The zero-order valence-electron chi connectivity index (χ0n) is 14.6. The van der Waals surface area contributed by atoms with Gasteiger partial charge in [0, 0.05) is 44.7 Å². The van der Waals surface area contributed by atoms with E-state index in [1.165, 1.54) is 0 Å². The van der Waals surface area contributed by atoms with Crippen molar-refractivity contribution >= 4 is 5.91 Å². The first-order chi connectivity index (χ1) is 11.1. The van der Waals surface area contributed by atoms with Gasteiger partial charge in [-0.15, -0.1) is 6.58 Å². The number of piperazine rings is 1. The maximum atomic E-state index is 12.3. The van der Waals surface area contributed by atoms with Crippen molar-refractivity contribution in [2.24, 2.45) is 0 Å². The molecular formula is C18H32FN3O. The highest BCUT2D eigenvalue weighted by Crippen LogP contribution is 2.32. The molecule has 2 aliphatic heterocycles. The topological polar surface area (TPSA) is 26.8 Å². The number of likely N-dealkylation sites (tertiary alicyclic amines) is 1. The Labute approximate surface area is 140 Å². The van der Waals surface area contributed by atoms with Crippen LogP contribution in [0.15, 0.2) is 12.7 Å². The van der Waals surface area contributed by atoms with Crippen LogP contribution in [-0.4, -0.2) is 79.1 Å². The Balaban J connectivity index is 1.94. The molecule has 0 N–H and O–H groups in total. The Hall–Kier alpha value is -0.940. The Bertz CT molecular complexity index is 404. The molecule has 23 heavy (non-hydrogen) atoms. The van der Waals surface area contributed by atoms with E-state index in [1.807, 2.05) is 11.0 Å². The summed E-state index contributed by atoms with van der Waals surface area (Å²) in [5.74, 6) is 0.259. The summed E-state index contributed by atoms with van der Waals surface area (Å²) in [7, 11) is 2.20. The summed E-state index contributed by atoms with van der Waals surface area (Å²) in [6, 6.07) is 0. The number of nitrogens with zero attached hydrogens (tertiary/aromatic N) is 3. The third kappa shape index (κ3) is 4.77. The van der Waals surface area contributed by atoms with Crippen LogP contribution in [0.4, 0.5) is 4.39 Å². The second-order valence-corrected chi connectivity index (χ2v) is 7.05. The Morgan fingerprint density at radius 2 is 2.04 bits per heavy atom. The van der Waals surface area contributed by atoms with Gasteiger partial charge in [0.2, 0.25) is 5.91 Å². The number of likely N-dealkylation sites (N-methyl/N-ethyl adjacent to an activating group) is 1. The summed E-state index contributed by atoms with van der Waals surface area (Å²) in [4.78, 5) is 19.2. The van der Waals surface area contributed by atoms with Gasteiger partial charge in [0.15, 0.2) is 0 Å². The van der Waals surface area contributed by atoms with Gasteiger partial charge in [-0.3, -0.25) is 14.1 Å². The molecule has 1 unspecified atom stereocenters. The molecule has 2 rings (SSSR count). The standard InChI is InChI=1S/C18H32FN3O/c1-3-11-22-13-9-18(8-7-17(22)23)16-21(15-14-20(18)2)12-6-4-5-10-19/h3H,1,4-16H2,2H3. The fourth-order valence-corrected chi connectivity index (χ4v) is 3.92. The summed E-state index contributed by atoms with van der Waals surface area (Å²) < 4.78 is 12.2. The van der Waals surface area contributed by atoms with E-state index in [9.17, 15) is 9.18 Å². The number of alkyl halides is 1. The second-order valence-electron chi connectivity index (χ2n) is 7.05. The molecule has 4 nitrogen and oxygen atoms in total. The highest BCUT2D eigenvalue weighted by atomic mass is 19.1. The first-order valence-electron chi connectivity index (χ1n) is 8.99. The molecule has 0 bridgehead atoms. The van der Waals surface area contributed by atoms with E-state index in [4.69, 9.17) is 0 Å². The highest BCUT2D eigenvalue weighted by Gasteiger charge is 2.41. The van der Waals surface area contributed by atoms with Crippen molar-refractivity contribution in [2.45, 2.75) is 44.1 Å². The molecule has 0 saturated carbocycles. The molecule has 0 radical (unpaired) electrons. The molecule has 5 heteroatoms. The van der Waals surface area contributed by atoms with E-state index in [-0.39, 0.29) is 18.1 Å². The molecule has 0 aromatic rings.